The second kappa shape index (κ2) is 9.04. The van der Waals surface area contributed by atoms with Gasteiger partial charge >= 0.3 is 0 Å². The summed E-state index contributed by atoms with van der Waals surface area (Å²) in [5.41, 5.74) is 0.652. The molecule has 0 fully saturated rings. The lowest BCUT2D eigenvalue weighted by Crippen LogP contribution is -2.35. The number of benzene rings is 1. The first-order chi connectivity index (χ1) is 14.7. The van der Waals surface area contributed by atoms with Crippen LogP contribution in [-0.2, 0) is 20.8 Å². The van der Waals surface area contributed by atoms with E-state index in [1.165, 1.54) is 17.6 Å². The molecular formula is C20H22N4O5S. The Morgan fingerprint density at radius 2 is 2.10 bits per heavy atom. The van der Waals surface area contributed by atoms with Gasteiger partial charge in [0.1, 0.15) is 41.2 Å². The van der Waals surface area contributed by atoms with E-state index < -0.39 is 0 Å². The fraction of sp³-hybridized carbons (Fsp3) is 0.350. The van der Waals surface area contributed by atoms with Crippen LogP contribution in [0.1, 0.15) is 6.42 Å². The summed E-state index contributed by atoms with van der Waals surface area (Å²) >= 11 is 1.37. The topological polar surface area (TPSA) is 87.9 Å². The number of hydrogen-bond acceptors (Lipinski definition) is 8. The average Bonchev–Trinajstić information content (AvgIpc) is 3.46. The van der Waals surface area contributed by atoms with E-state index >= 15 is 0 Å². The average molecular weight is 430 g/mol. The molecule has 3 aromatic rings. The van der Waals surface area contributed by atoms with E-state index in [0.717, 1.165) is 11.2 Å². The van der Waals surface area contributed by atoms with E-state index in [2.05, 4.69) is 4.98 Å². The molecule has 0 saturated heterocycles. The van der Waals surface area contributed by atoms with Crippen LogP contribution < -0.4 is 14.4 Å². The van der Waals surface area contributed by atoms with Crippen LogP contribution in [0.15, 0.2) is 42.9 Å². The molecular weight excluding hydrogens is 408 g/mol. The van der Waals surface area contributed by atoms with Crippen LogP contribution in [0.2, 0.25) is 0 Å². The number of carbonyl (C=O) groups is 1. The first kappa shape index (κ1) is 20.0. The van der Waals surface area contributed by atoms with Gasteiger partial charge in [-0.2, -0.15) is 0 Å². The van der Waals surface area contributed by atoms with Crippen LogP contribution in [0.3, 0.4) is 0 Å². The Morgan fingerprint density at radius 1 is 1.27 bits per heavy atom. The second-order valence-corrected chi connectivity index (χ2v) is 7.43. The second-order valence-electron chi connectivity index (χ2n) is 6.46. The van der Waals surface area contributed by atoms with Crippen molar-refractivity contribution in [3.8, 4) is 11.5 Å². The highest BCUT2D eigenvalue weighted by Crippen LogP contribution is 2.40. The number of nitrogens with zero attached hydrogens (tertiary/aromatic N) is 4. The molecule has 0 bridgehead atoms. The maximum Gasteiger partial charge on any atom is 0.298 e. The summed E-state index contributed by atoms with van der Waals surface area (Å²) in [4.78, 5) is 23.6. The molecule has 30 heavy (non-hydrogen) atoms. The lowest BCUT2D eigenvalue weighted by atomic mass is 10.3. The number of thiazole rings is 1. The summed E-state index contributed by atoms with van der Waals surface area (Å²) in [6.07, 6.45) is 7.44. The van der Waals surface area contributed by atoms with Gasteiger partial charge in [0.15, 0.2) is 5.13 Å². The minimum atomic E-state index is -0.294. The third-order valence-corrected chi connectivity index (χ3v) is 5.69. The number of ether oxygens (including phenoxy) is 4. The van der Waals surface area contributed by atoms with Crippen molar-refractivity contribution < 1.29 is 23.7 Å². The van der Waals surface area contributed by atoms with Gasteiger partial charge in [-0.1, -0.05) is 11.3 Å². The molecule has 1 aromatic carbocycles. The predicted octanol–water partition coefficient (Wildman–Crippen LogP) is 2.82. The van der Waals surface area contributed by atoms with Crippen molar-refractivity contribution in [3.05, 3.63) is 42.9 Å². The normalized spacial score (nSPS) is 13.3. The zero-order valence-corrected chi connectivity index (χ0v) is 17.6. The molecule has 9 nitrogen and oxygen atoms in total. The Kier molecular flexibility index (Phi) is 6.03. The number of carbonyl (C=O) groups excluding carboxylic acids is 1. The van der Waals surface area contributed by atoms with Gasteiger partial charge in [0, 0.05) is 25.5 Å². The molecule has 0 saturated carbocycles. The molecule has 0 unspecified atom stereocenters. The van der Waals surface area contributed by atoms with Crippen molar-refractivity contribution in [2.75, 3.05) is 38.9 Å². The lowest BCUT2D eigenvalue weighted by Gasteiger charge is -2.23. The Balaban J connectivity index is 1.67. The fourth-order valence-corrected chi connectivity index (χ4v) is 4.22. The zero-order valence-electron chi connectivity index (χ0n) is 16.7. The highest BCUT2D eigenvalue weighted by molar-refractivity contribution is 7.22. The molecule has 0 N–H and O–H groups in total. The monoisotopic (exact) mass is 430 g/mol. The Morgan fingerprint density at radius 3 is 2.80 bits per heavy atom. The number of aryl methyl sites for hydroxylation is 1. The highest BCUT2D eigenvalue weighted by atomic mass is 32.1. The summed E-state index contributed by atoms with van der Waals surface area (Å²) in [7, 11) is 3.19. The standard InChI is InChI=1S/C20H22N4O5S/c1-26-14-4-5-15(27-2)18-17(14)22-20(30-18)24(8-3-7-23-9-6-21-13-23)19(25)16-12-28-10-11-29-16/h4-6,9,12-13H,3,7-8,10-11H2,1-2H3. The number of imidazole rings is 1. The fourth-order valence-electron chi connectivity index (χ4n) is 3.12. The van der Waals surface area contributed by atoms with Gasteiger partial charge in [0.05, 0.1) is 20.5 Å². The van der Waals surface area contributed by atoms with Crippen LogP contribution in [0.4, 0.5) is 5.13 Å². The van der Waals surface area contributed by atoms with Crippen LogP contribution in [0, 0.1) is 0 Å². The predicted molar refractivity (Wildman–Crippen MR) is 112 cm³/mol. The van der Waals surface area contributed by atoms with E-state index in [4.69, 9.17) is 23.9 Å². The van der Waals surface area contributed by atoms with Crippen LogP contribution >= 0.6 is 11.3 Å². The number of anilines is 1. The first-order valence-corrected chi connectivity index (χ1v) is 10.3. The zero-order chi connectivity index (χ0) is 20.9. The van der Waals surface area contributed by atoms with E-state index in [9.17, 15) is 4.79 Å². The first-order valence-electron chi connectivity index (χ1n) is 9.45. The molecule has 2 aromatic heterocycles. The Hall–Kier alpha value is -3.27. The molecule has 0 radical (unpaired) electrons. The van der Waals surface area contributed by atoms with E-state index in [-0.39, 0.29) is 11.7 Å². The van der Waals surface area contributed by atoms with Crippen molar-refractivity contribution in [1.82, 2.24) is 14.5 Å². The van der Waals surface area contributed by atoms with Gasteiger partial charge in [-0.25, -0.2) is 9.97 Å². The molecule has 3 heterocycles. The number of amides is 1. The molecule has 0 aliphatic carbocycles. The molecule has 1 aliphatic rings. The molecule has 158 valence electrons. The molecule has 1 aliphatic heterocycles. The SMILES string of the molecule is COc1ccc(OC)c2sc(N(CCCn3ccnc3)C(=O)C3=COCCO3)nc12. The number of rotatable bonds is 8. The molecule has 1 amide bonds. The van der Waals surface area contributed by atoms with E-state index in [0.29, 0.717) is 48.3 Å². The third-order valence-electron chi connectivity index (χ3n) is 4.59. The summed E-state index contributed by atoms with van der Waals surface area (Å²) in [6.45, 7) is 1.93. The lowest BCUT2D eigenvalue weighted by molar-refractivity contribution is -0.119. The summed E-state index contributed by atoms with van der Waals surface area (Å²) in [5, 5.41) is 0.540. The summed E-state index contributed by atoms with van der Waals surface area (Å²) in [6, 6.07) is 3.63. The van der Waals surface area contributed by atoms with Crippen molar-refractivity contribution in [3.63, 3.8) is 0 Å². The van der Waals surface area contributed by atoms with Crippen molar-refractivity contribution in [2.24, 2.45) is 0 Å². The summed E-state index contributed by atoms with van der Waals surface area (Å²) < 4.78 is 24.5. The van der Waals surface area contributed by atoms with Gasteiger partial charge in [-0.3, -0.25) is 9.69 Å². The number of aromatic nitrogens is 3. The van der Waals surface area contributed by atoms with Crippen LogP contribution in [-0.4, -0.2) is 54.4 Å². The van der Waals surface area contributed by atoms with Crippen LogP contribution in [0.5, 0.6) is 11.5 Å². The minimum Gasteiger partial charge on any atom is -0.495 e. The van der Waals surface area contributed by atoms with E-state index in [1.807, 2.05) is 16.8 Å². The molecule has 4 rings (SSSR count). The largest absolute Gasteiger partial charge is 0.495 e. The Bertz CT molecular complexity index is 1010. The molecule has 0 atom stereocenters. The van der Waals surface area contributed by atoms with Gasteiger partial charge in [0.2, 0.25) is 5.76 Å². The van der Waals surface area contributed by atoms with Gasteiger partial charge in [-0.15, -0.1) is 0 Å². The van der Waals surface area contributed by atoms with Crippen molar-refractivity contribution in [2.45, 2.75) is 13.0 Å². The van der Waals surface area contributed by atoms with Gasteiger partial charge in [0.25, 0.3) is 5.91 Å². The Labute approximate surface area is 177 Å². The summed E-state index contributed by atoms with van der Waals surface area (Å²) in [5.74, 6) is 1.17. The molecule has 0 spiro atoms. The third kappa shape index (κ3) is 4.04. The van der Waals surface area contributed by atoms with Crippen molar-refractivity contribution in [1.29, 1.82) is 0 Å². The maximum atomic E-state index is 13.2. The van der Waals surface area contributed by atoms with E-state index in [1.54, 1.807) is 37.7 Å². The van der Waals surface area contributed by atoms with Crippen molar-refractivity contribution >= 4 is 32.6 Å². The number of methoxy groups -OCH3 is 2. The minimum absolute atomic E-state index is 0.169. The molecule has 10 heteroatoms. The quantitative estimate of drug-likeness (QED) is 0.543. The van der Waals surface area contributed by atoms with Gasteiger partial charge in [-0.05, 0) is 18.6 Å². The van der Waals surface area contributed by atoms with Gasteiger partial charge < -0.3 is 23.5 Å². The number of fused-ring (bicyclic) bond motifs is 1. The highest BCUT2D eigenvalue weighted by Gasteiger charge is 2.27. The van der Waals surface area contributed by atoms with Crippen LogP contribution in [0.25, 0.3) is 10.2 Å². The maximum absolute atomic E-state index is 13.2. The number of hydrogen-bond donors (Lipinski definition) is 0. The smallest absolute Gasteiger partial charge is 0.298 e.